The zero-order valence-electron chi connectivity index (χ0n) is 10.4. The first kappa shape index (κ1) is 14.1. The summed E-state index contributed by atoms with van der Waals surface area (Å²) in [6.45, 7) is 4.52. The van der Waals surface area contributed by atoms with E-state index < -0.39 is 26.5 Å². The van der Waals surface area contributed by atoms with Gasteiger partial charge in [0.15, 0.2) is 9.84 Å². The Hall–Kier alpha value is -0.940. The van der Waals surface area contributed by atoms with Crippen LogP contribution in [0.4, 0.5) is 4.39 Å². The molecule has 1 aromatic carbocycles. The fraction of sp³-hybridized carbons (Fsp3) is 0.500. The molecule has 0 heterocycles. The summed E-state index contributed by atoms with van der Waals surface area (Å²) in [6, 6.07) is 4.26. The van der Waals surface area contributed by atoms with Gasteiger partial charge in [-0.2, -0.15) is 0 Å². The van der Waals surface area contributed by atoms with Crippen LogP contribution in [0.15, 0.2) is 18.2 Å². The van der Waals surface area contributed by atoms with Crippen LogP contribution in [0.25, 0.3) is 0 Å². The number of benzene rings is 1. The zero-order chi connectivity index (χ0) is 13.4. The normalized spacial score (nSPS) is 14.7. The molecule has 0 aliphatic heterocycles. The third kappa shape index (κ3) is 2.66. The predicted octanol–water partition coefficient (Wildman–Crippen LogP) is 1.99. The number of aryl methyl sites for hydroxylation is 1. The summed E-state index contributed by atoms with van der Waals surface area (Å²) >= 11 is 0. The van der Waals surface area contributed by atoms with E-state index in [-0.39, 0.29) is 5.56 Å². The van der Waals surface area contributed by atoms with Gasteiger partial charge in [-0.05, 0) is 26.8 Å². The summed E-state index contributed by atoms with van der Waals surface area (Å²) in [5.41, 5.74) is 0.783. The third-order valence-electron chi connectivity index (χ3n) is 3.06. The Bertz CT molecular complexity index is 521. The Morgan fingerprint density at radius 3 is 2.35 bits per heavy atom. The molecular weight excluding hydrogens is 243 g/mol. The van der Waals surface area contributed by atoms with Gasteiger partial charge in [0.25, 0.3) is 0 Å². The van der Waals surface area contributed by atoms with Crippen molar-refractivity contribution in [1.82, 2.24) is 0 Å². The van der Waals surface area contributed by atoms with E-state index >= 15 is 0 Å². The van der Waals surface area contributed by atoms with Gasteiger partial charge in [0, 0.05) is 11.8 Å². The lowest BCUT2D eigenvalue weighted by molar-refractivity contribution is 0.135. The maximum atomic E-state index is 13.6. The van der Waals surface area contributed by atoms with E-state index in [1.807, 2.05) is 0 Å². The Balaban J connectivity index is 3.30. The summed E-state index contributed by atoms with van der Waals surface area (Å²) in [5, 5.41) is 10.1. The van der Waals surface area contributed by atoms with Gasteiger partial charge in [0.1, 0.15) is 11.9 Å². The Labute approximate surface area is 101 Å². The molecule has 17 heavy (non-hydrogen) atoms. The van der Waals surface area contributed by atoms with Crippen LogP contribution in [0.1, 0.15) is 31.1 Å². The van der Waals surface area contributed by atoms with E-state index in [2.05, 4.69) is 0 Å². The standard InChI is InChI=1S/C12H17FO3S/c1-8-5-6-10(13)9(7-8)11(14)12(2,3)17(4,15)16/h5-7,11,14H,1-4H3. The van der Waals surface area contributed by atoms with Crippen molar-refractivity contribution in [3.05, 3.63) is 35.1 Å². The molecule has 3 nitrogen and oxygen atoms in total. The minimum atomic E-state index is -3.50. The quantitative estimate of drug-likeness (QED) is 0.904. The Morgan fingerprint density at radius 1 is 1.35 bits per heavy atom. The molecule has 0 fully saturated rings. The lowest BCUT2D eigenvalue weighted by Crippen LogP contribution is -2.38. The predicted molar refractivity (Wildman–Crippen MR) is 65.0 cm³/mol. The largest absolute Gasteiger partial charge is 0.387 e. The fourth-order valence-corrected chi connectivity index (χ4v) is 1.98. The molecule has 0 aromatic heterocycles. The van der Waals surface area contributed by atoms with Crippen molar-refractivity contribution in [3.63, 3.8) is 0 Å². The van der Waals surface area contributed by atoms with Crippen molar-refractivity contribution in [3.8, 4) is 0 Å². The van der Waals surface area contributed by atoms with Crippen molar-refractivity contribution in [2.45, 2.75) is 31.6 Å². The van der Waals surface area contributed by atoms with Crippen LogP contribution >= 0.6 is 0 Å². The van der Waals surface area contributed by atoms with Crippen LogP contribution < -0.4 is 0 Å². The van der Waals surface area contributed by atoms with Gasteiger partial charge in [-0.25, -0.2) is 12.8 Å². The van der Waals surface area contributed by atoms with E-state index in [1.165, 1.54) is 26.0 Å². The van der Waals surface area contributed by atoms with Gasteiger partial charge in [-0.1, -0.05) is 17.7 Å². The molecule has 1 rings (SSSR count). The van der Waals surface area contributed by atoms with Gasteiger partial charge in [0.2, 0.25) is 0 Å². The lowest BCUT2D eigenvalue weighted by Gasteiger charge is -2.29. The highest BCUT2D eigenvalue weighted by Crippen LogP contribution is 2.33. The number of hydrogen-bond donors (Lipinski definition) is 1. The molecule has 5 heteroatoms. The van der Waals surface area contributed by atoms with Crippen molar-refractivity contribution < 1.29 is 17.9 Å². The molecule has 1 N–H and O–H groups in total. The van der Waals surface area contributed by atoms with E-state index in [9.17, 15) is 17.9 Å². The van der Waals surface area contributed by atoms with Crippen LogP contribution in [0, 0.1) is 12.7 Å². The smallest absolute Gasteiger partial charge is 0.155 e. The van der Waals surface area contributed by atoms with E-state index in [0.717, 1.165) is 11.8 Å². The monoisotopic (exact) mass is 260 g/mol. The molecular formula is C12H17FO3S. The highest BCUT2D eigenvalue weighted by molar-refractivity contribution is 7.92. The summed E-state index contributed by atoms with van der Waals surface area (Å²) < 4.78 is 35.3. The number of aliphatic hydroxyl groups is 1. The Kier molecular flexibility index (Phi) is 3.64. The molecule has 0 aliphatic carbocycles. The van der Waals surface area contributed by atoms with Crippen LogP contribution in [0.3, 0.4) is 0 Å². The number of hydrogen-bond acceptors (Lipinski definition) is 3. The number of halogens is 1. The van der Waals surface area contributed by atoms with E-state index in [1.54, 1.807) is 13.0 Å². The van der Waals surface area contributed by atoms with Crippen LogP contribution in [-0.2, 0) is 9.84 Å². The van der Waals surface area contributed by atoms with Crippen molar-refractivity contribution >= 4 is 9.84 Å². The highest BCUT2D eigenvalue weighted by atomic mass is 32.2. The van der Waals surface area contributed by atoms with E-state index in [4.69, 9.17) is 0 Å². The summed E-state index contributed by atoms with van der Waals surface area (Å²) in [4.78, 5) is 0. The molecule has 1 aromatic rings. The summed E-state index contributed by atoms with van der Waals surface area (Å²) in [5.74, 6) is -0.597. The molecule has 1 unspecified atom stereocenters. The topological polar surface area (TPSA) is 54.4 Å². The van der Waals surface area contributed by atoms with Crippen molar-refractivity contribution in [2.75, 3.05) is 6.26 Å². The van der Waals surface area contributed by atoms with Gasteiger partial charge in [0.05, 0.1) is 4.75 Å². The highest BCUT2D eigenvalue weighted by Gasteiger charge is 2.40. The minimum Gasteiger partial charge on any atom is -0.387 e. The van der Waals surface area contributed by atoms with Gasteiger partial charge < -0.3 is 5.11 Å². The molecule has 0 amide bonds. The summed E-state index contributed by atoms with van der Waals surface area (Å²) in [6.07, 6.45) is -0.360. The fourth-order valence-electron chi connectivity index (χ4n) is 1.45. The lowest BCUT2D eigenvalue weighted by atomic mass is 9.96. The Morgan fingerprint density at radius 2 is 1.88 bits per heavy atom. The molecule has 0 spiro atoms. The molecule has 0 radical (unpaired) electrons. The van der Waals surface area contributed by atoms with Gasteiger partial charge >= 0.3 is 0 Å². The second-order valence-electron chi connectivity index (χ2n) is 4.80. The average molecular weight is 260 g/mol. The molecule has 0 saturated carbocycles. The van der Waals surface area contributed by atoms with E-state index in [0.29, 0.717) is 0 Å². The number of rotatable bonds is 3. The number of aliphatic hydroxyl groups excluding tert-OH is 1. The van der Waals surface area contributed by atoms with Crippen LogP contribution in [0.5, 0.6) is 0 Å². The maximum absolute atomic E-state index is 13.6. The average Bonchev–Trinajstić information content (AvgIpc) is 2.19. The van der Waals surface area contributed by atoms with Crippen molar-refractivity contribution in [2.24, 2.45) is 0 Å². The van der Waals surface area contributed by atoms with Gasteiger partial charge in [-0.3, -0.25) is 0 Å². The van der Waals surface area contributed by atoms with Crippen molar-refractivity contribution in [1.29, 1.82) is 0 Å². The summed E-state index contributed by atoms with van der Waals surface area (Å²) in [7, 11) is -3.50. The minimum absolute atomic E-state index is 0.0143. The molecule has 0 saturated heterocycles. The first-order valence-electron chi connectivity index (χ1n) is 5.21. The molecule has 0 aliphatic rings. The van der Waals surface area contributed by atoms with Crippen LogP contribution in [-0.4, -0.2) is 24.5 Å². The van der Waals surface area contributed by atoms with Crippen LogP contribution in [0.2, 0.25) is 0 Å². The van der Waals surface area contributed by atoms with Gasteiger partial charge in [-0.15, -0.1) is 0 Å². The second kappa shape index (κ2) is 4.38. The SMILES string of the molecule is Cc1ccc(F)c(C(O)C(C)(C)S(C)(=O)=O)c1. The number of sulfone groups is 1. The molecule has 1 atom stereocenters. The second-order valence-corrected chi connectivity index (χ2v) is 7.40. The maximum Gasteiger partial charge on any atom is 0.155 e. The third-order valence-corrected chi connectivity index (χ3v) is 5.19. The molecule has 96 valence electrons. The first-order valence-corrected chi connectivity index (χ1v) is 7.10. The first-order chi connectivity index (χ1) is 7.57. The zero-order valence-corrected chi connectivity index (χ0v) is 11.2. The molecule has 0 bridgehead atoms.